The molecule has 2 aliphatic rings. The molecule has 1 saturated heterocycles. The van der Waals surface area contributed by atoms with Gasteiger partial charge in [0.2, 0.25) is 6.79 Å². The molecule has 3 aromatic carbocycles. The van der Waals surface area contributed by atoms with Crippen molar-refractivity contribution in [1.82, 2.24) is 19.4 Å². The summed E-state index contributed by atoms with van der Waals surface area (Å²) in [5, 5.41) is 0. The van der Waals surface area contributed by atoms with Crippen LogP contribution in [0, 0.1) is 0 Å². The molecule has 2 aliphatic heterocycles. The van der Waals surface area contributed by atoms with Crippen LogP contribution in [0.3, 0.4) is 0 Å². The largest absolute Gasteiger partial charge is 0.454 e. The zero-order valence-corrected chi connectivity index (χ0v) is 22.8. The third-order valence-corrected chi connectivity index (χ3v) is 7.78. The quantitative estimate of drug-likeness (QED) is 0.327. The van der Waals surface area contributed by atoms with E-state index < -0.39 is 0 Å². The molecule has 4 aromatic rings. The summed E-state index contributed by atoms with van der Waals surface area (Å²) in [6, 6.07) is 24.0. The van der Waals surface area contributed by atoms with Crippen molar-refractivity contribution in [3.63, 3.8) is 0 Å². The van der Waals surface area contributed by atoms with Gasteiger partial charge in [0, 0.05) is 26.2 Å². The van der Waals surface area contributed by atoms with Crippen molar-refractivity contribution in [2.24, 2.45) is 0 Å². The number of hydrogen-bond acceptors (Lipinski definition) is 5. The van der Waals surface area contributed by atoms with E-state index in [2.05, 4.69) is 95.8 Å². The van der Waals surface area contributed by atoms with E-state index in [0.29, 0.717) is 6.79 Å². The van der Waals surface area contributed by atoms with Gasteiger partial charge in [-0.25, -0.2) is 4.98 Å². The molecule has 3 heterocycles. The maximum atomic E-state index is 5.58. The van der Waals surface area contributed by atoms with E-state index in [1.165, 1.54) is 22.2 Å². The summed E-state index contributed by atoms with van der Waals surface area (Å²) in [4.78, 5) is 10.2. The molecular weight excluding hydrogens is 472 g/mol. The highest BCUT2D eigenvalue weighted by Gasteiger charge is 2.20. The average molecular weight is 511 g/mol. The first-order valence-electron chi connectivity index (χ1n) is 13.8. The van der Waals surface area contributed by atoms with Crippen molar-refractivity contribution >= 4 is 11.0 Å². The van der Waals surface area contributed by atoms with E-state index in [4.69, 9.17) is 14.5 Å². The molecule has 0 spiro atoms. The number of hydrogen-bond donors (Lipinski definition) is 0. The van der Waals surface area contributed by atoms with Crippen LogP contribution in [0.5, 0.6) is 11.5 Å². The second-order valence-corrected chi connectivity index (χ2v) is 11.6. The van der Waals surface area contributed by atoms with Gasteiger partial charge in [-0.2, -0.15) is 0 Å². The summed E-state index contributed by atoms with van der Waals surface area (Å²) in [6.07, 6.45) is 1.15. The minimum absolute atomic E-state index is 0.161. The number of benzene rings is 3. The molecule has 0 saturated carbocycles. The van der Waals surface area contributed by atoms with Crippen LogP contribution >= 0.6 is 0 Å². The first-order valence-corrected chi connectivity index (χ1v) is 13.8. The Labute approximate surface area is 225 Å². The lowest BCUT2D eigenvalue weighted by Crippen LogP contribution is -2.31. The van der Waals surface area contributed by atoms with Gasteiger partial charge in [0.15, 0.2) is 11.5 Å². The van der Waals surface area contributed by atoms with Crippen molar-refractivity contribution in [2.75, 3.05) is 33.0 Å². The van der Waals surface area contributed by atoms with E-state index >= 15 is 0 Å². The molecule has 6 heteroatoms. The fourth-order valence-corrected chi connectivity index (χ4v) is 5.55. The third kappa shape index (κ3) is 5.42. The highest BCUT2D eigenvalue weighted by atomic mass is 16.7. The van der Waals surface area contributed by atoms with Crippen molar-refractivity contribution < 1.29 is 9.47 Å². The van der Waals surface area contributed by atoms with Crippen LogP contribution in [0.15, 0.2) is 66.7 Å². The maximum Gasteiger partial charge on any atom is 0.231 e. The Morgan fingerprint density at radius 1 is 0.737 bits per heavy atom. The zero-order chi connectivity index (χ0) is 26.1. The van der Waals surface area contributed by atoms with Crippen molar-refractivity contribution in [3.05, 3.63) is 89.2 Å². The van der Waals surface area contributed by atoms with Gasteiger partial charge in [0.25, 0.3) is 0 Å². The SMILES string of the molecule is CC(C)(C)c1ccc(Cn2c(CN3CCCN(Cc4ccc5c(c4)OCO5)CC3)nc3ccccc32)cc1. The number of aromatic nitrogens is 2. The Hall–Kier alpha value is -3.35. The topological polar surface area (TPSA) is 42.8 Å². The molecular formula is C32H38N4O2. The summed E-state index contributed by atoms with van der Waals surface area (Å²) in [5.74, 6) is 2.87. The molecule has 1 fully saturated rings. The lowest BCUT2D eigenvalue weighted by Gasteiger charge is -2.22. The molecule has 0 atom stereocenters. The van der Waals surface area contributed by atoms with Crippen LogP contribution in [0.2, 0.25) is 0 Å². The Bertz CT molecular complexity index is 1400. The lowest BCUT2D eigenvalue weighted by atomic mass is 9.87. The summed E-state index contributed by atoms with van der Waals surface area (Å²) < 4.78 is 13.5. The van der Waals surface area contributed by atoms with Crippen LogP contribution < -0.4 is 9.47 Å². The number of ether oxygens (including phenoxy) is 2. The number of imidazole rings is 1. The van der Waals surface area contributed by atoms with Crippen molar-refractivity contribution in [1.29, 1.82) is 0 Å². The summed E-state index contributed by atoms with van der Waals surface area (Å²) in [6.45, 7) is 14.0. The minimum atomic E-state index is 0.161. The van der Waals surface area contributed by atoms with Crippen molar-refractivity contribution in [3.8, 4) is 11.5 Å². The standard InChI is InChI=1S/C32H38N4O2/c1-32(2,3)26-12-9-24(10-13-26)21-36-28-8-5-4-7-27(28)33-31(36)22-35-16-6-15-34(17-18-35)20-25-11-14-29-30(19-25)38-23-37-29/h4-5,7-14,19H,6,15-18,20-23H2,1-3H3. The van der Waals surface area contributed by atoms with Crippen LogP contribution in [-0.4, -0.2) is 52.3 Å². The summed E-state index contributed by atoms with van der Waals surface area (Å²) in [5.41, 5.74) is 6.41. The lowest BCUT2D eigenvalue weighted by molar-refractivity contribution is 0.174. The second-order valence-electron chi connectivity index (χ2n) is 11.6. The highest BCUT2D eigenvalue weighted by molar-refractivity contribution is 5.76. The number of para-hydroxylation sites is 2. The molecule has 0 bridgehead atoms. The molecule has 1 aromatic heterocycles. The van der Waals surface area contributed by atoms with E-state index in [-0.39, 0.29) is 5.41 Å². The van der Waals surface area contributed by atoms with Crippen LogP contribution in [-0.2, 0) is 25.0 Å². The van der Waals surface area contributed by atoms with Crippen LogP contribution in [0.4, 0.5) is 0 Å². The van der Waals surface area contributed by atoms with Gasteiger partial charge < -0.3 is 14.0 Å². The number of fused-ring (bicyclic) bond motifs is 2. The molecule has 0 aliphatic carbocycles. The molecule has 6 rings (SSSR count). The predicted molar refractivity (Wildman–Crippen MR) is 152 cm³/mol. The summed E-state index contributed by atoms with van der Waals surface area (Å²) in [7, 11) is 0. The first kappa shape index (κ1) is 25.0. The minimum Gasteiger partial charge on any atom is -0.454 e. The van der Waals surface area contributed by atoms with E-state index in [1.54, 1.807) is 0 Å². The third-order valence-electron chi connectivity index (χ3n) is 7.78. The fraction of sp³-hybridized carbons (Fsp3) is 0.406. The van der Waals surface area contributed by atoms with Gasteiger partial charge in [-0.1, -0.05) is 63.2 Å². The molecule has 6 nitrogen and oxygen atoms in total. The Morgan fingerprint density at radius 3 is 2.24 bits per heavy atom. The van der Waals surface area contributed by atoms with E-state index in [0.717, 1.165) is 75.1 Å². The molecule has 0 amide bonds. The molecule has 0 unspecified atom stereocenters. The number of rotatable bonds is 6. The van der Waals surface area contributed by atoms with Gasteiger partial charge in [-0.05, 0) is 65.9 Å². The van der Waals surface area contributed by atoms with Gasteiger partial charge in [-0.15, -0.1) is 0 Å². The van der Waals surface area contributed by atoms with Crippen LogP contribution in [0.25, 0.3) is 11.0 Å². The van der Waals surface area contributed by atoms with Gasteiger partial charge in [0.05, 0.1) is 17.6 Å². The molecule has 38 heavy (non-hydrogen) atoms. The van der Waals surface area contributed by atoms with E-state index in [1.807, 2.05) is 6.07 Å². The fourth-order valence-electron chi connectivity index (χ4n) is 5.55. The maximum absolute atomic E-state index is 5.58. The number of nitrogens with zero attached hydrogens (tertiary/aromatic N) is 4. The molecule has 0 radical (unpaired) electrons. The Kier molecular flexibility index (Phi) is 6.85. The zero-order valence-electron chi connectivity index (χ0n) is 22.8. The van der Waals surface area contributed by atoms with Crippen LogP contribution in [0.1, 0.15) is 49.7 Å². The smallest absolute Gasteiger partial charge is 0.231 e. The first-order chi connectivity index (χ1) is 18.4. The monoisotopic (exact) mass is 510 g/mol. The van der Waals surface area contributed by atoms with Gasteiger partial charge in [0.1, 0.15) is 5.82 Å². The summed E-state index contributed by atoms with van der Waals surface area (Å²) >= 11 is 0. The van der Waals surface area contributed by atoms with E-state index in [9.17, 15) is 0 Å². The normalized spacial score (nSPS) is 16.7. The molecule has 198 valence electrons. The van der Waals surface area contributed by atoms with Crippen molar-refractivity contribution in [2.45, 2.75) is 52.2 Å². The van der Waals surface area contributed by atoms with Gasteiger partial charge in [-0.3, -0.25) is 9.80 Å². The Morgan fingerprint density at radius 2 is 1.45 bits per heavy atom. The second kappa shape index (κ2) is 10.4. The predicted octanol–water partition coefficient (Wildman–Crippen LogP) is 5.82. The average Bonchev–Trinajstić information content (AvgIpc) is 3.43. The van der Waals surface area contributed by atoms with Gasteiger partial charge >= 0.3 is 0 Å². The highest BCUT2D eigenvalue weighted by Crippen LogP contribution is 2.33. The molecule has 0 N–H and O–H groups in total. The Balaban J connectivity index is 1.15.